The van der Waals surface area contributed by atoms with Crippen molar-refractivity contribution in [2.75, 3.05) is 0 Å². The highest BCUT2D eigenvalue weighted by Crippen LogP contribution is 2.27. The van der Waals surface area contributed by atoms with Gasteiger partial charge in [0.25, 0.3) is 0 Å². The van der Waals surface area contributed by atoms with Gasteiger partial charge in [0.15, 0.2) is 5.65 Å². The molecule has 4 rings (SSSR count). The molecule has 0 unspecified atom stereocenters. The van der Waals surface area contributed by atoms with Gasteiger partial charge in [0.05, 0.1) is 11.8 Å². The van der Waals surface area contributed by atoms with Gasteiger partial charge in [-0.2, -0.15) is 0 Å². The van der Waals surface area contributed by atoms with Crippen molar-refractivity contribution in [1.82, 2.24) is 19.5 Å². The molecule has 0 saturated heterocycles. The van der Waals surface area contributed by atoms with Crippen LogP contribution in [0.5, 0.6) is 0 Å². The van der Waals surface area contributed by atoms with Crippen LogP contribution in [0.15, 0.2) is 55.0 Å². The van der Waals surface area contributed by atoms with Crippen molar-refractivity contribution in [3.8, 4) is 16.8 Å². The molecule has 2 heterocycles. The summed E-state index contributed by atoms with van der Waals surface area (Å²) in [5.74, 6) is -0.253. The Balaban J connectivity index is 1.97. The summed E-state index contributed by atoms with van der Waals surface area (Å²) in [6, 6.07) is 13.3. The maximum atomic E-state index is 11.7. The molecule has 0 saturated carbocycles. The number of aromatic carboxylic acids is 1. The van der Waals surface area contributed by atoms with E-state index in [9.17, 15) is 9.90 Å². The van der Waals surface area contributed by atoms with Crippen molar-refractivity contribution in [2.45, 2.75) is 13.8 Å². The first-order valence-corrected chi connectivity index (χ1v) is 8.14. The van der Waals surface area contributed by atoms with Crippen LogP contribution in [0.4, 0.5) is 0 Å². The highest BCUT2D eigenvalue weighted by molar-refractivity contribution is 5.91. The van der Waals surface area contributed by atoms with Crippen molar-refractivity contribution in [1.29, 1.82) is 0 Å². The lowest BCUT2D eigenvalue weighted by atomic mass is 10.0. The molecule has 0 spiro atoms. The number of carboxylic acids is 1. The number of fused-ring (bicyclic) bond motifs is 1. The van der Waals surface area contributed by atoms with Crippen molar-refractivity contribution in [3.05, 3.63) is 71.9 Å². The molecule has 0 aliphatic heterocycles. The molecule has 0 amide bonds. The minimum absolute atomic E-state index is 0.219. The van der Waals surface area contributed by atoms with E-state index in [-0.39, 0.29) is 5.56 Å². The van der Waals surface area contributed by atoms with Crippen LogP contribution in [-0.4, -0.2) is 30.6 Å². The van der Waals surface area contributed by atoms with Crippen LogP contribution in [0.25, 0.3) is 28.0 Å². The number of aryl methyl sites for hydroxylation is 2. The third-order valence-electron chi connectivity index (χ3n) is 4.31. The average molecular weight is 344 g/mol. The van der Waals surface area contributed by atoms with E-state index < -0.39 is 5.97 Å². The summed E-state index contributed by atoms with van der Waals surface area (Å²) < 4.78 is 1.87. The molecule has 6 nitrogen and oxygen atoms in total. The lowest BCUT2D eigenvalue weighted by Gasteiger charge is -2.11. The zero-order valence-corrected chi connectivity index (χ0v) is 14.3. The fraction of sp³-hybridized carbons (Fsp3) is 0.100. The van der Waals surface area contributed by atoms with Gasteiger partial charge >= 0.3 is 5.97 Å². The summed E-state index contributed by atoms with van der Waals surface area (Å²) in [5.41, 5.74) is 5.19. The van der Waals surface area contributed by atoms with E-state index in [0.717, 1.165) is 33.7 Å². The Morgan fingerprint density at radius 3 is 2.54 bits per heavy atom. The largest absolute Gasteiger partial charge is 0.478 e. The van der Waals surface area contributed by atoms with E-state index in [4.69, 9.17) is 0 Å². The normalized spacial score (nSPS) is 11.0. The summed E-state index contributed by atoms with van der Waals surface area (Å²) in [6.45, 7) is 3.88. The summed E-state index contributed by atoms with van der Waals surface area (Å²) in [4.78, 5) is 24.4. The monoisotopic (exact) mass is 344 g/mol. The second-order valence-corrected chi connectivity index (χ2v) is 6.17. The average Bonchev–Trinajstić information content (AvgIpc) is 2.97. The Kier molecular flexibility index (Phi) is 3.73. The topological polar surface area (TPSA) is 80.9 Å². The number of carboxylic acid groups (broad SMARTS) is 1. The molecule has 26 heavy (non-hydrogen) atoms. The fourth-order valence-electron chi connectivity index (χ4n) is 3.04. The zero-order valence-electron chi connectivity index (χ0n) is 14.3. The highest BCUT2D eigenvalue weighted by Gasteiger charge is 2.14. The van der Waals surface area contributed by atoms with Crippen molar-refractivity contribution >= 4 is 17.1 Å². The molecule has 6 heteroatoms. The number of benzene rings is 2. The van der Waals surface area contributed by atoms with Gasteiger partial charge in [-0.25, -0.2) is 19.7 Å². The number of nitrogens with zero attached hydrogens (tertiary/aromatic N) is 4. The lowest BCUT2D eigenvalue weighted by molar-refractivity contribution is 0.0697. The summed E-state index contributed by atoms with van der Waals surface area (Å²) in [6.07, 6.45) is 3.13. The number of aromatic nitrogens is 4. The second-order valence-electron chi connectivity index (χ2n) is 6.17. The number of carbonyl (C=O) groups is 1. The standard InChI is InChI=1S/C20H16N4O2/c1-12-3-5-14(6-4-12)15-7-16(20(25)26)9-17(8-15)24-13(2)23-19-18(24)10-21-11-22-19/h3-11H,1-2H3,(H,25,26). The quantitative estimate of drug-likeness (QED) is 0.611. The summed E-state index contributed by atoms with van der Waals surface area (Å²) in [7, 11) is 0. The van der Waals surface area contributed by atoms with Crippen LogP contribution >= 0.6 is 0 Å². The molecule has 2 aromatic carbocycles. The smallest absolute Gasteiger partial charge is 0.335 e. The minimum atomic E-state index is -0.974. The van der Waals surface area contributed by atoms with E-state index >= 15 is 0 Å². The third kappa shape index (κ3) is 2.71. The van der Waals surface area contributed by atoms with E-state index in [1.165, 1.54) is 6.33 Å². The Morgan fingerprint density at radius 1 is 1.04 bits per heavy atom. The highest BCUT2D eigenvalue weighted by atomic mass is 16.4. The predicted molar refractivity (Wildman–Crippen MR) is 98.5 cm³/mol. The first kappa shape index (κ1) is 16.0. The molecule has 0 fully saturated rings. The first-order chi connectivity index (χ1) is 12.5. The Labute approximate surface area is 149 Å². The van der Waals surface area contributed by atoms with E-state index in [2.05, 4.69) is 15.0 Å². The molecule has 0 bridgehead atoms. The van der Waals surface area contributed by atoms with Gasteiger partial charge in [0, 0.05) is 5.69 Å². The Bertz CT molecular complexity index is 1130. The van der Waals surface area contributed by atoms with Gasteiger partial charge in [0.2, 0.25) is 0 Å². The molecular formula is C20H16N4O2. The van der Waals surface area contributed by atoms with Gasteiger partial charge in [-0.1, -0.05) is 29.8 Å². The van der Waals surface area contributed by atoms with Crippen LogP contribution in [0.1, 0.15) is 21.7 Å². The molecule has 0 aliphatic carbocycles. The fourth-order valence-corrected chi connectivity index (χ4v) is 3.04. The molecule has 0 aliphatic rings. The number of hydrogen-bond acceptors (Lipinski definition) is 4. The van der Waals surface area contributed by atoms with Crippen LogP contribution in [0, 0.1) is 13.8 Å². The predicted octanol–water partition coefficient (Wildman–Crippen LogP) is 3.80. The molecule has 0 radical (unpaired) electrons. The first-order valence-electron chi connectivity index (χ1n) is 8.14. The van der Waals surface area contributed by atoms with E-state index in [0.29, 0.717) is 5.65 Å². The lowest BCUT2D eigenvalue weighted by Crippen LogP contribution is -2.03. The van der Waals surface area contributed by atoms with Gasteiger partial charge < -0.3 is 5.11 Å². The summed E-state index contributed by atoms with van der Waals surface area (Å²) in [5, 5.41) is 9.56. The van der Waals surface area contributed by atoms with Crippen LogP contribution < -0.4 is 0 Å². The minimum Gasteiger partial charge on any atom is -0.478 e. The Hall–Kier alpha value is -3.54. The van der Waals surface area contributed by atoms with E-state index in [1.54, 1.807) is 18.3 Å². The maximum Gasteiger partial charge on any atom is 0.335 e. The zero-order chi connectivity index (χ0) is 18.3. The van der Waals surface area contributed by atoms with Crippen molar-refractivity contribution in [2.24, 2.45) is 0 Å². The number of imidazole rings is 1. The molecule has 128 valence electrons. The van der Waals surface area contributed by atoms with E-state index in [1.807, 2.05) is 48.7 Å². The molecule has 0 atom stereocenters. The summed E-state index contributed by atoms with van der Waals surface area (Å²) >= 11 is 0. The van der Waals surface area contributed by atoms with Crippen molar-refractivity contribution < 1.29 is 9.90 Å². The van der Waals surface area contributed by atoms with Crippen LogP contribution in [-0.2, 0) is 0 Å². The third-order valence-corrected chi connectivity index (χ3v) is 4.31. The number of hydrogen-bond donors (Lipinski definition) is 1. The Morgan fingerprint density at radius 2 is 1.81 bits per heavy atom. The van der Waals surface area contributed by atoms with Crippen molar-refractivity contribution in [3.63, 3.8) is 0 Å². The van der Waals surface area contributed by atoms with Gasteiger partial charge in [-0.05, 0) is 43.2 Å². The second kappa shape index (κ2) is 6.07. The molecule has 2 aromatic heterocycles. The van der Waals surface area contributed by atoms with Gasteiger partial charge in [0.1, 0.15) is 17.7 Å². The molecule has 1 N–H and O–H groups in total. The molecule has 4 aromatic rings. The SMILES string of the molecule is Cc1ccc(-c2cc(C(=O)O)cc(-n3c(C)nc4ncncc43)c2)cc1. The molecular weight excluding hydrogens is 328 g/mol. The van der Waals surface area contributed by atoms with Crippen LogP contribution in [0.3, 0.4) is 0 Å². The number of rotatable bonds is 3. The maximum absolute atomic E-state index is 11.7. The van der Waals surface area contributed by atoms with Gasteiger partial charge in [-0.3, -0.25) is 4.57 Å². The van der Waals surface area contributed by atoms with Gasteiger partial charge in [-0.15, -0.1) is 0 Å². The van der Waals surface area contributed by atoms with Crippen LogP contribution in [0.2, 0.25) is 0 Å².